The molecule has 0 unspecified atom stereocenters. The standard InChI is InChI=1S/C19H23F5N2O3/c1-11-6-7-13(8-12(11)2)29-10-15(27)26-17(28,16(3,4)5)9-14(25-26)18(20,21)19(22,23)24/h6-8,28H,9-10H2,1-5H3/t17-/m0/s1. The summed E-state index contributed by atoms with van der Waals surface area (Å²) in [7, 11) is 0. The highest BCUT2D eigenvalue weighted by Gasteiger charge is 2.66. The molecule has 2 rings (SSSR count). The maximum Gasteiger partial charge on any atom is 0.459 e. The number of hydrazone groups is 1. The fourth-order valence-electron chi connectivity index (χ4n) is 2.74. The van der Waals surface area contributed by atoms with Crippen LogP contribution in [0.4, 0.5) is 22.0 Å². The van der Waals surface area contributed by atoms with Crippen molar-refractivity contribution in [2.45, 2.75) is 58.9 Å². The van der Waals surface area contributed by atoms with Crippen LogP contribution >= 0.6 is 0 Å². The zero-order valence-electron chi connectivity index (χ0n) is 16.7. The van der Waals surface area contributed by atoms with Crippen LogP contribution in [0.25, 0.3) is 0 Å². The monoisotopic (exact) mass is 422 g/mol. The van der Waals surface area contributed by atoms with Gasteiger partial charge >= 0.3 is 12.1 Å². The number of rotatable bonds is 4. The van der Waals surface area contributed by atoms with E-state index in [4.69, 9.17) is 4.74 Å². The van der Waals surface area contributed by atoms with Gasteiger partial charge in [-0.15, -0.1) is 0 Å². The third kappa shape index (κ3) is 4.22. The van der Waals surface area contributed by atoms with Crippen LogP contribution in [0.5, 0.6) is 5.75 Å². The number of hydrogen-bond acceptors (Lipinski definition) is 4. The molecule has 0 aliphatic carbocycles. The number of amides is 1. The molecule has 0 saturated carbocycles. The molecule has 1 atom stereocenters. The predicted octanol–water partition coefficient (Wildman–Crippen LogP) is 4.20. The number of hydrogen-bond donors (Lipinski definition) is 1. The van der Waals surface area contributed by atoms with Crippen molar-refractivity contribution in [2.24, 2.45) is 10.5 Å². The number of alkyl halides is 5. The van der Waals surface area contributed by atoms with E-state index in [2.05, 4.69) is 5.10 Å². The highest BCUT2D eigenvalue weighted by atomic mass is 19.4. The first-order chi connectivity index (χ1) is 13.0. The maximum atomic E-state index is 13.8. The minimum Gasteiger partial charge on any atom is -0.484 e. The molecule has 1 heterocycles. The summed E-state index contributed by atoms with van der Waals surface area (Å²) in [5.74, 6) is -6.02. The summed E-state index contributed by atoms with van der Waals surface area (Å²) in [6.45, 7) is 7.20. The lowest BCUT2D eigenvalue weighted by Gasteiger charge is -2.41. The second-order valence-corrected chi connectivity index (χ2v) is 8.10. The van der Waals surface area contributed by atoms with Gasteiger partial charge in [0.2, 0.25) is 0 Å². The Balaban J connectivity index is 2.31. The van der Waals surface area contributed by atoms with Crippen molar-refractivity contribution in [1.29, 1.82) is 0 Å². The van der Waals surface area contributed by atoms with Crippen LogP contribution in [0.3, 0.4) is 0 Å². The number of aryl methyl sites for hydroxylation is 2. The molecule has 0 spiro atoms. The number of nitrogens with zero attached hydrogens (tertiary/aromatic N) is 2. The normalized spacial score (nSPS) is 20.7. The summed E-state index contributed by atoms with van der Waals surface area (Å²) in [5, 5.41) is 14.3. The number of ether oxygens (including phenoxy) is 1. The van der Waals surface area contributed by atoms with Gasteiger partial charge in [-0.25, -0.2) is 0 Å². The maximum absolute atomic E-state index is 13.8. The van der Waals surface area contributed by atoms with Crippen molar-refractivity contribution in [3.8, 4) is 5.75 Å². The molecule has 29 heavy (non-hydrogen) atoms. The Labute approximate surface area is 165 Å². The molecule has 1 aliphatic heterocycles. The van der Waals surface area contributed by atoms with Crippen LogP contribution in [0.1, 0.15) is 38.3 Å². The zero-order chi connectivity index (χ0) is 22.4. The Morgan fingerprint density at radius 1 is 1.17 bits per heavy atom. The molecule has 0 saturated heterocycles. The molecule has 162 valence electrons. The number of aliphatic hydroxyl groups is 1. The molecule has 1 aromatic carbocycles. The summed E-state index contributed by atoms with van der Waals surface area (Å²) in [5.41, 5.74) is -3.40. The summed E-state index contributed by atoms with van der Waals surface area (Å²) >= 11 is 0. The summed E-state index contributed by atoms with van der Waals surface area (Å²) < 4.78 is 71.2. The molecule has 0 bridgehead atoms. The zero-order valence-corrected chi connectivity index (χ0v) is 16.7. The molecule has 0 radical (unpaired) electrons. The van der Waals surface area contributed by atoms with E-state index in [-0.39, 0.29) is 5.01 Å². The molecule has 1 aliphatic rings. The number of carbonyl (C=O) groups is 1. The average Bonchev–Trinajstić information content (AvgIpc) is 2.94. The second kappa shape index (κ2) is 7.23. The molecule has 10 heteroatoms. The number of carbonyl (C=O) groups excluding carboxylic acids is 1. The average molecular weight is 422 g/mol. The largest absolute Gasteiger partial charge is 0.484 e. The summed E-state index contributed by atoms with van der Waals surface area (Å²) in [4.78, 5) is 12.6. The molecule has 1 amide bonds. The minimum atomic E-state index is -5.90. The van der Waals surface area contributed by atoms with E-state index < -0.39 is 47.9 Å². The van der Waals surface area contributed by atoms with E-state index in [0.717, 1.165) is 11.1 Å². The first kappa shape index (κ1) is 23.1. The summed E-state index contributed by atoms with van der Waals surface area (Å²) in [6.07, 6.45) is -7.04. The van der Waals surface area contributed by atoms with Gasteiger partial charge in [0.25, 0.3) is 5.91 Å². The van der Waals surface area contributed by atoms with Crippen LogP contribution in [0.15, 0.2) is 23.3 Å². The van der Waals surface area contributed by atoms with Gasteiger partial charge in [0, 0.05) is 11.8 Å². The van der Waals surface area contributed by atoms with E-state index in [1.54, 1.807) is 18.2 Å². The minimum absolute atomic E-state index is 0.281. The Hall–Kier alpha value is -2.23. The quantitative estimate of drug-likeness (QED) is 0.740. The van der Waals surface area contributed by atoms with Crippen molar-refractivity contribution >= 4 is 11.6 Å². The van der Waals surface area contributed by atoms with E-state index in [0.29, 0.717) is 5.75 Å². The SMILES string of the molecule is Cc1ccc(OCC(=O)N2N=C(C(F)(F)C(F)(F)F)C[C@]2(O)C(C)(C)C)cc1C. The fourth-order valence-corrected chi connectivity index (χ4v) is 2.74. The Morgan fingerprint density at radius 2 is 1.76 bits per heavy atom. The molecule has 1 N–H and O–H groups in total. The van der Waals surface area contributed by atoms with Gasteiger partial charge in [-0.2, -0.15) is 32.1 Å². The van der Waals surface area contributed by atoms with E-state index in [1.807, 2.05) is 13.8 Å². The van der Waals surface area contributed by atoms with Crippen molar-refractivity contribution in [1.82, 2.24) is 5.01 Å². The molecule has 0 fully saturated rings. The fraction of sp³-hybridized carbons (Fsp3) is 0.579. The van der Waals surface area contributed by atoms with Crippen LogP contribution in [-0.4, -0.2) is 46.2 Å². The number of benzene rings is 1. The van der Waals surface area contributed by atoms with E-state index in [9.17, 15) is 31.9 Å². The lowest BCUT2D eigenvalue weighted by atomic mass is 9.79. The molecular weight excluding hydrogens is 399 g/mol. The topological polar surface area (TPSA) is 62.1 Å². The van der Waals surface area contributed by atoms with Crippen molar-refractivity contribution in [2.75, 3.05) is 6.61 Å². The first-order valence-electron chi connectivity index (χ1n) is 8.78. The van der Waals surface area contributed by atoms with Crippen LogP contribution < -0.4 is 4.74 Å². The van der Waals surface area contributed by atoms with E-state index in [1.165, 1.54) is 20.8 Å². The second-order valence-electron chi connectivity index (χ2n) is 8.10. The lowest BCUT2D eigenvalue weighted by Crippen LogP contribution is -2.56. The molecule has 5 nitrogen and oxygen atoms in total. The smallest absolute Gasteiger partial charge is 0.459 e. The third-order valence-corrected chi connectivity index (χ3v) is 4.98. The van der Waals surface area contributed by atoms with Gasteiger partial charge in [-0.3, -0.25) is 4.79 Å². The van der Waals surface area contributed by atoms with Crippen molar-refractivity contribution in [3.63, 3.8) is 0 Å². The summed E-state index contributed by atoms with van der Waals surface area (Å²) in [6, 6.07) is 4.98. The van der Waals surface area contributed by atoms with Gasteiger partial charge in [0.1, 0.15) is 11.5 Å². The predicted molar refractivity (Wildman–Crippen MR) is 95.7 cm³/mol. The lowest BCUT2D eigenvalue weighted by molar-refractivity contribution is -0.250. The molecule has 1 aromatic rings. The van der Waals surface area contributed by atoms with Crippen LogP contribution in [0, 0.1) is 19.3 Å². The van der Waals surface area contributed by atoms with Crippen molar-refractivity contribution < 1.29 is 36.6 Å². The first-order valence-corrected chi connectivity index (χ1v) is 8.78. The van der Waals surface area contributed by atoms with Crippen molar-refractivity contribution in [3.05, 3.63) is 29.3 Å². The number of halogens is 5. The molecule has 0 aromatic heterocycles. The van der Waals surface area contributed by atoms with Gasteiger partial charge in [-0.1, -0.05) is 26.8 Å². The van der Waals surface area contributed by atoms with Gasteiger partial charge in [-0.05, 0) is 37.1 Å². The Bertz CT molecular complexity index is 830. The Kier molecular flexibility index (Phi) is 5.75. The van der Waals surface area contributed by atoms with Gasteiger partial charge < -0.3 is 9.84 Å². The van der Waals surface area contributed by atoms with Gasteiger partial charge in [0.05, 0.1) is 0 Å². The highest BCUT2D eigenvalue weighted by molar-refractivity contribution is 5.96. The van der Waals surface area contributed by atoms with E-state index >= 15 is 0 Å². The Morgan fingerprint density at radius 3 is 2.24 bits per heavy atom. The van der Waals surface area contributed by atoms with Crippen LogP contribution in [-0.2, 0) is 4.79 Å². The highest BCUT2D eigenvalue weighted by Crippen LogP contribution is 2.47. The third-order valence-electron chi connectivity index (χ3n) is 4.98. The van der Waals surface area contributed by atoms with Crippen LogP contribution in [0.2, 0.25) is 0 Å². The van der Waals surface area contributed by atoms with Gasteiger partial charge in [0.15, 0.2) is 12.3 Å². The molecular formula is C19H23F5N2O3.